The van der Waals surface area contributed by atoms with E-state index >= 15 is 0 Å². The molecule has 1 N–H and O–H groups in total. The number of carbonyl (C=O) groups is 1. The molecule has 1 amide bonds. The Hall–Kier alpha value is -3.21. The average Bonchev–Trinajstić information content (AvgIpc) is 3.26. The molecule has 7 nitrogen and oxygen atoms in total. The van der Waals surface area contributed by atoms with E-state index in [4.69, 9.17) is 0 Å². The number of amides is 1. The predicted octanol–water partition coefficient (Wildman–Crippen LogP) is 3.65. The molecule has 4 rings (SSSR count). The summed E-state index contributed by atoms with van der Waals surface area (Å²) in [5, 5.41) is 3.43. The number of halogens is 3. The van der Waals surface area contributed by atoms with Crippen molar-refractivity contribution in [2.75, 3.05) is 17.7 Å². The first-order valence-corrected chi connectivity index (χ1v) is 12.5. The van der Waals surface area contributed by atoms with Gasteiger partial charge in [0, 0.05) is 24.7 Å². The summed E-state index contributed by atoms with van der Waals surface area (Å²) in [6.07, 6.45) is -2.08. The highest BCUT2D eigenvalue weighted by Gasteiger charge is 2.33. The number of fused-ring (bicyclic) bond motifs is 1. The van der Waals surface area contributed by atoms with Gasteiger partial charge in [-0.05, 0) is 55.7 Å². The topological polar surface area (TPSA) is 92.3 Å². The Morgan fingerprint density at radius 1 is 1.18 bits per heavy atom. The molecule has 34 heavy (non-hydrogen) atoms. The van der Waals surface area contributed by atoms with Gasteiger partial charge >= 0.3 is 6.18 Å². The normalized spacial score (nSPS) is 16.7. The molecule has 3 aromatic rings. The minimum Gasteiger partial charge on any atom is -0.350 e. The summed E-state index contributed by atoms with van der Waals surface area (Å²) in [5.74, 6) is -0.0199. The number of hydrogen-bond donors (Lipinski definition) is 1. The number of sulfone groups is 1. The van der Waals surface area contributed by atoms with E-state index in [1.165, 1.54) is 24.3 Å². The molecule has 0 saturated carbocycles. The van der Waals surface area contributed by atoms with E-state index in [2.05, 4.69) is 15.3 Å². The van der Waals surface area contributed by atoms with Crippen molar-refractivity contribution in [3.8, 4) is 0 Å². The summed E-state index contributed by atoms with van der Waals surface area (Å²) in [4.78, 5) is 23.9. The number of anilines is 1. The summed E-state index contributed by atoms with van der Waals surface area (Å²) in [7, 11) is -3.42. The van der Waals surface area contributed by atoms with Gasteiger partial charge in [-0.1, -0.05) is 12.1 Å². The molecule has 1 saturated heterocycles. The Kier molecular flexibility index (Phi) is 6.24. The van der Waals surface area contributed by atoms with Crippen LogP contribution in [0.1, 0.15) is 29.7 Å². The maximum absolute atomic E-state index is 12.9. The minimum absolute atomic E-state index is 0.0393. The van der Waals surface area contributed by atoms with E-state index in [0.717, 1.165) is 18.4 Å². The molecule has 0 aliphatic carbocycles. The maximum Gasteiger partial charge on any atom is 0.416 e. The fraction of sp³-hybridized carbons (Fsp3) is 0.348. The minimum atomic E-state index is -4.45. The van der Waals surface area contributed by atoms with Gasteiger partial charge in [-0.2, -0.15) is 13.2 Å². The number of carbonyl (C=O) groups excluding carboxylic acids is 1. The molecule has 0 bridgehead atoms. The second-order valence-electron chi connectivity index (χ2n) is 8.33. The summed E-state index contributed by atoms with van der Waals surface area (Å²) < 4.78 is 62.7. The van der Waals surface area contributed by atoms with Crippen LogP contribution in [0.2, 0.25) is 0 Å². The second kappa shape index (κ2) is 8.86. The lowest BCUT2D eigenvalue weighted by Crippen LogP contribution is -2.43. The smallest absolute Gasteiger partial charge is 0.350 e. The predicted molar refractivity (Wildman–Crippen MR) is 121 cm³/mol. The van der Waals surface area contributed by atoms with E-state index in [1.54, 1.807) is 17.9 Å². The zero-order chi connectivity index (χ0) is 24.7. The molecule has 0 spiro atoms. The molecular formula is C23H23F3N4O3S. The fourth-order valence-corrected chi connectivity index (χ4v) is 4.70. The van der Waals surface area contributed by atoms with Crippen LogP contribution in [0.25, 0.3) is 10.9 Å². The van der Waals surface area contributed by atoms with Gasteiger partial charge in [0.25, 0.3) is 0 Å². The Balaban J connectivity index is 1.55. The third-order valence-corrected chi connectivity index (χ3v) is 6.92. The van der Waals surface area contributed by atoms with Gasteiger partial charge in [-0.25, -0.2) is 18.4 Å². The maximum atomic E-state index is 12.9. The van der Waals surface area contributed by atoms with E-state index in [1.807, 2.05) is 0 Å². The number of nitrogens with one attached hydrogen (secondary N) is 1. The van der Waals surface area contributed by atoms with Crippen molar-refractivity contribution >= 4 is 32.6 Å². The van der Waals surface area contributed by atoms with Crippen molar-refractivity contribution in [1.29, 1.82) is 0 Å². The number of rotatable bonds is 5. The van der Waals surface area contributed by atoms with Crippen LogP contribution >= 0.6 is 0 Å². The van der Waals surface area contributed by atoms with Crippen LogP contribution in [0.4, 0.5) is 19.1 Å². The number of nitrogens with zero attached hydrogens (tertiary/aromatic N) is 3. The molecule has 1 fully saturated rings. The van der Waals surface area contributed by atoms with Crippen LogP contribution < -0.4 is 10.2 Å². The third-order valence-electron chi connectivity index (χ3n) is 5.81. The van der Waals surface area contributed by atoms with Gasteiger partial charge < -0.3 is 10.2 Å². The lowest BCUT2D eigenvalue weighted by Gasteiger charge is -2.24. The van der Waals surface area contributed by atoms with Gasteiger partial charge in [0.2, 0.25) is 11.9 Å². The Morgan fingerprint density at radius 3 is 2.65 bits per heavy atom. The highest BCUT2D eigenvalue weighted by molar-refractivity contribution is 7.90. The van der Waals surface area contributed by atoms with Crippen molar-refractivity contribution in [3.05, 3.63) is 59.3 Å². The van der Waals surface area contributed by atoms with Crippen LogP contribution in [0, 0.1) is 6.92 Å². The number of alkyl halides is 3. The zero-order valence-electron chi connectivity index (χ0n) is 18.6. The Labute approximate surface area is 194 Å². The molecule has 1 aromatic heterocycles. The first kappa shape index (κ1) is 23.9. The van der Waals surface area contributed by atoms with E-state index in [-0.39, 0.29) is 17.3 Å². The molecule has 1 atom stereocenters. The summed E-state index contributed by atoms with van der Waals surface area (Å²) in [5.41, 5.74) is 0.685. The largest absolute Gasteiger partial charge is 0.416 e. The van der Waals surface area contributed by atoms with Crippen molar-refractivity contribution in [3.63, 3.8) is 0 Å². The molecular weight excluding hydrogens is 469 g/mol. The first-order chi connectivity index (χ1) is 15.9. The standard InChI is InChI=1S/C23H23F3N4O3S/c1-14-18-9-8-17(34(2,32)33)12-19(18)29-22(28-14)30-10-4-7-20(30)21(31)27-13-15-5-3-6-16(11-15)23(24,25)26/h3,5-6,8-9,11-12,20H,4,7,10,13H2,1-2H3,(H,27,31)/t20-/m0/s1. The molecule has 11 heteroatoms. The zero-order valence-corrected chi connectivity index (χ0v) is 19.4. The van der Waals surface area contributed by atoms with Crippen molar-refractivity contribution in [2.45, 2.75) is 43.4 Å². The number of aryl methyl sites for hydroxylation is 1. The molecule has 180 valence electrons. The summed E-state index contributed by atoms with van der Waals surface area (Å²) in [6, 6.07) is 8.91. The van der Waals surface area contributed by atoms with Crippen molar-refractivity contribution in [1.82, 2.24) is 15.3 Å². The highest BCUT2D eigenvalue weighted by atomic mass is 32.2. The molecule has 2 aromatic carbocycles. The van der Waals surface area contributed by atoms with Crippen molar-refractivity contribution < 1.29 is 26.4 Å². The SMILES string of the molecule is Cc1nc(N2CCC[C@H]2C(=O)NCc2cccc(C(F)(F)F)c2)nc2cc(S(C)(=O)=O)ccc12. The third kappa shape index (κ3) is 4.98. The first-order valence-electron chi connectivity index (χ1n) is 10.6. The number of aromatic nitrogens is 2. The molecule has 0 radical (unpaired) electrons. The molecule has 0 unspecified atom stereocenters. The van der Waals surface area contributed by atoms with Crippen LogP contribution in [0.15, 0.2) is 47.4 Å². The summed E-state index contributed by atoms with van der Waals surface area (Å²) in [6.45, 7) is 2.27. The Bertz CT molecular complexity index is 1360. The molecule has 1 aliphatic heterocycles. The van der Waals surface area contributed by atoms with E-state index in [0.29, 0.717) is 47.5 Å². The number of benzene rings is 2. The van der Waals surface area contributed by atoms with E-state index in [9.17, 15) is 26.4 Å². The van der Waals surface area contributed by atoms with Gasteiger partial charge in [-0.3, -0.25) is 4.79 Å². The van der Waals surface area contributed by atoms with Gasteiger partial charge in [0.05, 0.1) is 21.7 Å². The van der Waals surface area contributed by atoms with Crippen LogP contribution in [0.3, 0.4) is 0 Å². The van der Waals surface area contributed by atoms with Crippen LogP contribution in [-0.4, -0.2) is 43.1 Å². The lowest BCUT2D eigenvalue weighted by atomic mass is 10.1. The van der Waals surface area contributed by atoms with Crippen LogP contribution in [-0.2, 0) is 27.4 Å². The van der Waals surface area contributed by atoms with E-state index < -0.39 is 27.6 Å². The number of hydrogen-bond acceptors (Lipinski definition) is 6. The van der Waals surface area contributed by atoms with Crippen molar-refractivity contribution in [2.24, 2.45) is 0 Å². The fourth-order valence-electron chi connectivity index (χ4n) is 4.06. The van der Waals surface area contributed by atoms with Gasteiger partial charge in [-0.15, -0.1) is 0 Å². The quantitative estimate of drug-likeness (QED) is 0.585. The lowest BCUT2D eigenvalue weighted by molar-refractivity contribution is -0.137. The summed E-state index contributed by atoms with van der Waals surface area (Å²) >= 11 is 0. The molecule has 1 aliphatic rings. The van der Waals surface area contributed by atoms with Crippen LogP contribution in [0.5, 0.6) is 0 Å². The highest BCUT2D eigenvalue weighted by Crippen LogP contribution is 2.30. The molecule has 2 heterocycles. The van der Waals surface area contributed by atoms with Gasteiger partial charge in [0.15, 0.2) is 9.84 Å². The Morgan fingerprint density at radius 2 is 1.94 bits per heavy atom. The second-order valence-corrected chi connectivity index (χ2v) is 10.3. The monoisotopic (exact) mass is 492 g/mol. The van der Waals surface area contributed by atoms with Gasteiger partial charge in [0.1, 0.15) is 6.04 Å². The average molecular weight is 493 g/mol.